The average molecular weight is 328 g/mol. The van der Waals surface area contributed by atoms with Crippen molar-refractivity contribution in [3.8, 4) is 11.4 Å². The lowest BCUT2D eigenvalue weighted by atomic mass is 9.96. The molecule has 6 heteroatoms. The van der Waals surface area contributed by atoms with Crippen molar-refractivity contribution >= 4 is 0 Å². The third kappa shape index (κ3) is 3.35. The predicted octanol–water partition coefficient (Wildman–Crippen LogP) is 2.93. The van der Waals surface area contributed by atoms with Gasteiger partial charge in [0.2, 0.25) is 0 Å². The number of rotatable bonds is 4. The van der Waals surface area contributed by atoms with E-state index in [-0.39, 0.29) is 11.7 Å². The Kier molecular flexibility index (Phi) is 3.89. The molecule has 0 atom stereocenters. The lowest BCUT2D eigenvalue weighted by Gasteiger charge is -2.34. The van der Waals surface area contributed by atoms with E-state index >= 15 is 0 Å². The molecule has 2 aromatic rings. The van der Waals surface area contributed by atoms with Crippen LogP contribution in [-0.4, -0.2) is 39.5 Å². The first-order valence-electron chi connectivity index (χ1n) is 8.60. The number of hydrogen-bond donors (Lipinski definition) is 0. The Labute approximate surface area is 142 Å². The van der Waals surface area contributed by atoms with E-state index in [1.165, 1.54) is 18.4 Å². The van der Waals surface area contributed by atoms with Crippen molar-refractivity contribution in [2.45, 2.75) is 52.4 Å². The summed E-state index contributed by atoms with van der Waals surface area (Å²) in [6.07, 6.45) is 6.20. The van der Waals surface area contributed by atoms with Crippen molar-refractivity contribution in [3.05, 3.63) is 29.6 Å². The number of aromatic nitrogens is 4. The molecule has 0 bridgehead atoms. The minimum absolute atomic E-state index is 0.0777. The lowest BCUT2D eigenvalue weighted by molar-refractivity contribution is -0.227. The van der Waals surface area contributed by atoms with Crippen molar-refractivity contribution in [3.63, 3.8) is 0 Å². The van der Waals surface area contributed by atoms with Crippen molar-refractivity contribution in [2.75, 3.05) is 13.2 Å². The Morgan fingerprint density at radius 3 is 2.67 bits per heavy atom. The van der Waals surface area contributed by atoms with Gasteiger partial charge in [0, 0.05) is 11.6 Å². The van der Waals surface area contributed by atoms with Crippen molar-refractivity contribution in [2.24, 2.45) is 5.41 Å². The molecule has 2 aliphatic rings. The zero-order chi connectivity index (χ0) is 16.7. The van der Waals surface area contributed by atoms with Gasteiger partial charge in [-0.3, -0.25) is 4.98 Å². The van der Waals surface area contributed by atoms with Crippen LogP contribution >= 0.6 is 0 Å². The van der Waals surface area contributed by atoms with Crippen LogP contribution in [0.25, 0.3) is 11.4 Å². The molecule has 1 saturated carbocycles. The number of pyridine rings is 1. The summed E-state index contributed by atoms with van der Waals surface area (Å²) in [5.41, 5.74) is 4.27. The molecule has 1 aliphatic carbocycles. The minimum Gasteiger partial charge on any atom is -0.350 e. The Morgan fingerprint density at radius 2 is 2.00 bits per heavy atom. The van der Waals surface area contributed by atoms with Gasteiger partial charge in [0.25, 0.3) is 0 Å². The smallest absolute Gasteiger partial charge is 0.177 e. The maximum atomic E-state index is 5.76. The Bertz CT molecular complexity index is 726. The van der Waals surface area contributed by atoms with Gasteiger partial charge < -0.3 is 9.47 Å². The monoisotopic (exact) mass is 328 g/mol. The van der Waals surface area contributed by atoms with E-state index in [1.807, 2.05) is 12.4 Å². The normalized spacial score (nSPS) is 21.1. The Morgan fingerprint density at radius 1 is 1.25 bits per heavy atom. The zero-order valence-electron chi connectivity index (χ0n) is 14.5. The van der Waals surface area contributed by atoms with Crippen molar-refractivity contribution in [1.82, 2.24) is 20.0 Å². The van der Waals surface area contributed by atoms with Crippen molar-refractivity contribution < 1.29 is 9.47 Å². The van der Waals surface area contributed by atoms with Crippen LogP contribution in [0.3, 0.4) is 0 Å². The molecule has 0 radical (unpaired) electrons. The fourth-order valence-corrected chi connectivity index (χ4v) is 2.99. The first kappa shape index (κ1) is 15.7. The molecule has 0 N–H and O–H groups in total. The summed E-state index contributed by atoms with van der Waals surface area (Å²) in [5, 5.41) is 8.47. The van der Waals surface area contributed by atoms with Crippen LogP contribution in [0.2, 0.25) is 0 Å². The Hall–Kier alpha value is -1.79. The van der Waals surface area contributed by atoms with Crippen LogP contribution in [0.1, 0.15) is 43.7 Å². The van der Waals surface area contributed by atoms with Crippen LogP contribution in [-0.2, 0) is 16.0 Å². The molecule has 2 fully saturated rings. The van der Waals surface area contributed by atoms with E-state index < -0.39 is 0 Å². The van der Waals surface area contributed by atoms with Crippen LogP contribution in [0.5, 0.6) is 0 Å². The van der Waals surface area contributed by atoms with Gasteiger partial charge in [-0.25, -0.2) is 4.68 Å². The maximum absolute atomic E-state index is 5.76. The highest BCUT2D eigenvalue weighted by Crippen LogP contribution is 2.40. The van der Waals surface area contributed by atoms with Gasteiger partial charge in [-0.2, -0.15) is 0 Å². The standard InChI is InChI=1S/C18H24N4O2/c1-12-6-14(13-4-5-13)7-19-17(12)15-8-22(21-20-15)9-16-23-10-18(2,3)11-24-16/h6-8,13,16H,4-5,9-11H2,1-3H3. The molecular weight excluding hydrogens is 304 g/mol. The molecule has 0 spiro atoms. The number of ether oxygens (including phenoxy) is 2. The predicted molar refractivity (Wildman–Crippen MR) is 89.4 cm³/mol. The fourth-order valence-electron chi connectivity index (χ4n) is 2.99. The summed E-state index contributed by atoms with van der Waals surface area (Å²) in [4.78, 5) is 4.61. The van der Waals surface area contributed by atoms with Crippen LogP contribution in [0.4, 0.5) is 0 Å². The summed E-state index contributed by atoms with van der Waals surface area (Å²) >= 11 is 0. The molecule has 0 aromatic carbocycles. The van der Waals surface area contributed by atoms with Gasteiger partial charge in [0.15, 0.2) is 6.29 Å². The van der Waals surface area contributed by atoms with Gasteiger partial charge in [-0.1, -0.05) is 25.1 Å². The summed E-state index contributed by atoms with van der Waals surface area (Å²) in [6.45, 7) is 8.29. The summed E-state index contributed by atoms with van der Waals surface area (Å²) < 4.78 is 13.3. The van der Waals surface area contributed by atoms with Gasteiger partial charge in [0.05, 0.1) is 31.6 Å². The lowest BCUT2D eigenvalue weighted by Crippen LogP contribution is -2.39. The Balaban J connectivity index is 1.45. The topological polar surface area (TPSA) is 62.1 Å². The van der Waals surface area contributed by atoms with E-state index in [4.69, 9.17) is 9.47 Å². The summed E-state index contributed by atoms with van der Waals surface area (Å²) in [6, 6.07) is 2.23. The molecule has 2 aromatic heterocycles. The molecule has 0 amide bonds. The number of hydrogen-bond acceptors (Lipinski definition) is 5. The van der Waals surface area contributed by atoms with Gasteiger partial charge in [-0.15, -0.1) is 5.10 Å². The zero-order valence-corrected chi connectivity index (χ0v) is 14.5. The quantitative estimate of drug-likeness (QED) is 0.863. The molecule has 3 heterocycles. The highest BCUT2D eigenvalue weighted by Gasteiger charge is 2.29. The third-order valence-corrected chi connectivity index (χ3v) is 4.59. The van der Waals surface area contributed by atoms with E-state index in [0.29, 0.717) is 25.7 Å². The minimum atomic E-state index is -0.265. The molecule has 0 unspecified atom stereocenters. The molecule has 6 nitrogen and oxygen atoms in total. The SMILES string of the molecule is Cc1cc(C2CC2)cnc1-c1cn(CC2OCC(C)(C)CO2)nn1. The summed E-state index contributed by atoms with van der Waals surface area (Å²) in [7, 11) is 0. The number of nitrogens with zero attached hydrogens (tertiary/aromatic N) is 4. The van der Waals surface area contributed by atoms with E-state index in [0.717, 1.165) is 17.0 Å². The van der Waals surface area contributed by atoms with Crippen LogP contribution < -0.4 is 0 Å². The second-order valence-corrected chi connectivity index (χ2v) is 7.75. The van der Waals surface area contributed by atoms with Crippen molar-refractivity contribution in [1.29, 1.82) is 0 Å². The van der Waals surface area contributed by atoms with Gasteiger partial charge >= 0.3 is 0 Å². The first-order chi connectivity index (χ1) is 11.5. The first-order valence-corrected chi connectivity index (χ1v) is 8.60. The second kappa shape index (κ2) is 5.93. The summed E-state index contributed by atoms with van der Waals surface area (Å²) in [5.74, 6) is 0.714. The van der Waals surface area contributed by atoms with E-state index in [9.17, 15) is 0 Å². The molecule has 24 heavy (non-hydrogen) atoms. The van der Waals surface area contributed by atoms with Gasteiger partial charge in [0.1, 0.15) is 5.69 Å². The van der Waals surface area contributed by atoms with E-state index in [2.05, 4.69) is 42.1 Å². The third-order valence-electron chi connectivity index (χ3n) is 4.59. The molecule has 1 saturated heterocycles. The fraction of sp³-hybridized carbons (Fsp3) is 0.611. The van der Waals surface area contributed by atoms with Crippen LogP contribution in [0.15, 0.2) is 18.5 Å². The molecule has 1 aliphatic heterocycles. The van der Waals surface area contributed by atoms with E-state index in [1.54, 1.807) is 4.68 Å². The average Bonchev–Trinajstić information content (AvgIpc) is 3.30. The highest BCUT2D eigenvalue weighted by molar-refractivity contribution is 5.57. The highest BCUT2D eigenvalue weighted by atomic mass is 16.7. The van der Waals surface area contributed by atoms with Crippen LogP contribution in [0, 0.1) is 12.3 Å². The second-order valence-electron chi connectivity index (χ2n) is 7.75. The number of aryl methyl sites for hydroxylation is 1. The molecular formula is C18H24N4O2. The molecule has 4 rings (SSSR count). The van der Waals surface area contributed by atoms with Gasteiger partial charge in [-0.05, 0) is 36.8 Å². The maximum Gasteiger partial charge on any atom is 0.177 e. The molecule has 128 valence electrons. The largest absolute Gasteiger partial charge is 0.350 e.